The average molecular weight is 303 g/mol. The first-order valence-electron chi connectivity index (χ1n) is 6.58. The maximum atomic E-state index is 13.2. The summed E-state index contributed by atoms with van der Waals surface area (Å²) in [6, 6.07) is 4.58. The number of benzene rings is 1. The molecule has 4 nitrogen and oxygen atoms in total. The van der Waals surface area contributed by atoms with Gasteiger partial charge in [-0.25, -0.2) is 13.2 Å². The van der Waals surface area contributed by atoms with Gasteiger partial charge >= 0.3 is 0 Å². The van der Waals surface area contributed by atoms with Crippen molar-refractivity contribution in [1.29, 1.82) is 0 Å². The number of rotatable bonds is 5. The Labute approximate surface area is 120 Å². The molecule has 0 aromatic heterocycles. The number of ether oxygens (including phenoxy) is 1. The van der Waals surface area contributed by atoms with Crippen molar-refractivity contribution < 1.29 is 27.8 Å². The summed E-state index contributed by atoms with van der Waals surface area (Å²) in [7, 11) is 0. The zero-order valence-corrected chi connectivity index (χ0v) is 11.3. The monoisotopic (exact) mass is 303 g/mol. The highest BCUT2D eigenvalue weighted by atomic mass is 19.3. The van der Waals surface area contributed by atoms with E-state index < -0.39 is 43.3 Å². The number of carbonyl (C=O) groups is 1. The van der Waals surface area contributed by atoms with E-state index in [4.69, 9.17) is 9.84 Å². The van der Waals surface area contributed by atoms with Crippen LogP contribution in [0.4, 0.5) is 13.2 Å². The van der Waals surface area contributed by atoms with Crippen LogP contribution in [0.25, 0.3) is 0 Å². The molecule has 21 heavy (non-hydrogen) atoms. The van der Waals surface area contributed by atoms with Crippen molar-refractivity contribution in [2.45, 2.75) is 24.8 Å². The van der Waals surface area contributed by atoms with Crippen molar-refractivity contribution in [3.63, 3.8) is 0 Å². The van der Waals surface area contributed by atoms with Crippen LogP contribution in [0.3, 0.4) is 0 Å². The Morgan fingerprint density at radius 3 is 2.90 bits per heavy atom. The maximum absolute atomic E-state index is 13.2. The zero-order valence-electron chi connectivity index (χ0n) is 11.3. The normalized spacial score (nSPS) is 20.6. The summed E-state index contributed by atoms with van der Waals surface area (Å²) in [4.78, 5) is 12.9. The number of aliphatic hydroxyl groups is 1. The van der Waals surface area contributed by atoms with Crippen LogP contribution >= 0.6 is 0 Å². The van der Waals surface area contributed by atoms with E-state index in [1.807, 2.05) is 0 Å². The Hall–Kier alpha value is -1.76. The number of nitrogens with zero attached hydrogens (tertiary/aromatic N) is 1. The van der Waals surface area contributed by atoms with Crippen molar-refractivity contribution >= 4 is 5.91 Å². The number of amides is 1. The second kappa shape index (κ2) is 6.34. The molecule has 1 aliphatic rings. The number of aliphatic hydroxyl groups excluding tert-OH is 1. The van der Waals surface area contributed by atoms with Crippen molar-refractivity contribution in [1.82, 2.24) is 4.90 Å². The molecule has 1 aliphatic heterocycles. The lowest BCUT2D eigenvalue weighted by atomic mass is 10.2. The van der Waals surface area contributed by atoms with Gasteiger partial charge in [0.15, 0.2) is 0 Å². The first-order valence-corrected chi connectivity index (χ1v) is 6.58. The molecule has 0 radical (unpaired) electrons. The fourth-order valence-corrected chi connectivity index (χ4v) is 2.31. The van der Waals surface area contributed by atoms with E-state index in [1.54, 1.807) is 0 Å². The summed E-state index contributed by atoms with van der Waals surface area (Å²) in [5.41, 5.74) is 0. The van der Waals surface area contributed by atoms with Crippen LogP contribution in [0.15, 0.2) is 24.3 Å². The number of hydrogen-bond donors (Lipinski definition) is 1. The largest absolute Gasteiger partial charge is 0.493 e. The molecule has 0 saturated carbocycles. The van der Waals surface area contributed by atoms with E-state index in [2.05, 4.69) is 0 Å². The SMILES string of the molecule is O=C(CCOc1cccc(F)c1)N1CC(F)(F)CC1CO. The minimum absolute atomic E-state index is 0.0392. The topological polar surface area (TPSA) is 49.8 Å². The third-order valence-electron chi connectivity index (χ3n) is 3.29. The van der Waals surface area contributed by atoms with Crippen LogP contribution in [0, 0.1) is 5.82 Å². The van der Waals surface area contributed by atoms with Crippen LogP contribution in [0.1, 0.15) is 12.8 Å². The highest BCUT2D eigenvalue weighted by Crippen LogP contribution is 2.32. The molecule has 0 bridgehead atoms. The summed E-state index contributed by atoms with van der Waals surface area (Å²) >= 11 is 0. The van der Waals surface area contributed by atoms with E-state index in [0.717, 1.165) is 4.90 Å². The van der Waals surface area contributed by atoms with Gasteiger partial charge in [-0.05, 0) is 12.1 Å². The van der Waals surface area contributed by atoms with Crippen molar-refractivity contribution in [2.75, 3.05) is 19.8 Å². The van der Waals surface area contributed by atoms with E-state index in [-0.39, 0.29) is 18.8 Å². The number of hydrogen-bond acceptors (Lipinski definition) is 3. The number of alkyl halides is 2. The third kappa shape index (κ3) is 4.10. The van der Waals surface area contributed by atoms with Gasteiger partial charge in [0.1, 0.15) is 11.6 Å². The second-order valence-electron chi connectivity index (χ2n) is 4.97. The van der Waals surface area contributed by atoms with Crippen LogP contribution < -0.4 is 4.74 Å². The quantitative estimate of drug-likeness (QED) is 0.903. The van der Waals surface area contributed by atoms with Gasteiger partial charge < -0.3 is 14.7 Å². The predicted molar refractivity (Wildman–Crippen MR) is 68.7 cm³/mol. The minimum Gasteiger partial charge on any atom is -0.493 e. The highest BCUT2D eigenvalue weighted by Gasteiger charge is 2.46. The summed E-state index contributed by atoms with van der Waals surface area (Å²) < 4.78 is 44.6. The van der Waals surface area contributed by atoms with Gasteiger partial charge in [0.2, 0.25) is 5.91 Å². The van der Waals surface area contributed by atoms with Gasteiger partial charge in [-0.15, -0.1) is 0 Å². The molecular formula is C14H16F3NO3. The van der Waals surface area contributed by atoms with Crippen LogP contribution in [0.2, 0.25) is 0 Å². The Morgan fingerprint density at radius 1 is 1.48 bits per heavy atom. The molecule has 1 fully saturated rings. The molecule has 0 aliphatic carbocycles. The number of carbonyl (C=O) groups excluding carboxylic acids is 1. The van der Waals surface area contributed by atoms with Gasteiger partial charge in [0.05, 0.1) is 32.2 Å². The van der Waals surface area contributed by atoms with E-state index in [9.17, 15) is 18.0 Å². The summed E-state index contributed by atoms with van der Waals surface area (Å²) in [6.07, 6.45) is -0.636. The van der Waals surface area contributed by atoms with E-state index >= 15 is 0 Å². The standard InChI is InChI=1S/C14H16F3NO3/c15-10-2-1-3-12(6-10)21-5-4-13(20)18-9-14(16,17)7-11(18)8-19/h1-3,6,11,19H,4-5,7-9H2. The minimum atomic E-state index is -2.97. The molecule has 1 aromatic rings. The fourth-order valence-electron chi connectivity index (χ4n) is 2.31. The van der Waals surface area contributed by atoms with Gasteiger partial charge in [-0.1, -0.05) is 6.07 Å². The zero-order chi connectivity index (χ0) is 15.5. The smallest absolute Gasteiger partial charge is 0.267 e. The summed E-state index contributed by atoms with van der Waals surface area (Å²) in [5, 5.41) is 9.05. The van der Waals surface area contributed by atoms with Crippen LogP contribution in [-0.4, -0.2) is 47.6 Å². The average Bonchev–Trinajstić information content (AvgIpc) is 2.74. The van der Waals surface area contributed by atoms with E-state index in [0.29, 0.717) is 0 Å². The first-order chi connectivity index (χ1) is 9.91. The van der Waals surface area contributed by atoms with Gasteiger partial charge in [-0.3, -0.25) is 4.79 Å². The Kier molecular flexibility index (Phi) is 4.72. The molecule has 0 spiro atoms. The molecule has 1 unspecified atom stereocenters. The molecule has 1 atom stereocenters. The highest BCUT2D eigenvalue weighted by molar-refractivity contribution is 5.77. The molecular weight excluding hydrogens is 287 g/mol. The molecule has 1 heterocycles. The van der Waals surface area contributed by atoms with Crippen molar-refractivity contribution in [2.24, 2.45) is 0 Å². The van der Waals surface area contributed by atoms with Gasteiger partial charge in [0, 0.05) is 12.5 Å². The fraction of sp³-hybridized carbons (Fsp3) is 0.500. The molecule has 1 amide bonds. The van der Waals surface area contributed by atoms with E-state index in [1.165, 1.54) is 24.3 Å². The van der Waals surface area contributed by atoms with Crippen molar-refractivity contribution in [3.05, 3.63) is 30.1 Å². The molecule has 1 N–H and O–H groups in total. The Balaban J connectivity index is 1.84. The number of likely N-dealkylation sites (tertiary alicyclic amines) is 1. The molecule has 1 saturated heterocycles. The summed E-state index contributed by atoms with van der Waals surface area (Å²) in [5.74, 6) is -3.67. The van der Waals surface area contributed by atoms with Gasteiger partial charge in [-0.2, -0.15) is 0 Å². The molecule has 7 heteroatoms. The Morgan fingerprint density at radius 2 is 2.24 bits per heavy atom. The summed E-state index contributed by atoms with van der Waals surface area (Å²) in [6.45, 7) is -1.22. The molecule has 2 rings (SSSR count). The predicted octanol–water partition coefficient (Wildman–Crippen LogP) is 1.82. The Bertz CT molecular complexity index is 510. The lowest BCUT2D eigenvalue weighted by Gasteiger charge is -2.22. The van der Waals surface area contributed by atoms with Crippen LogP contribution in [-0.2, 0) is 4.79 Å². The second-order valence-corrected chi connectivity index (χ2v) is 4.97. The number of halogens is 3. The molecule has 1 aromatic carbocycles. The molecule has 116 valence electrons. The maximum Gasteiger partial charge on any atom is 0.267 e. The third-order valence-corrected chi connectivity index (χ3v) is 3.29. The van der Waals surface area contributed by atoms with Gasteiger partial charge in [0.25, 0.3) is 5.92 Å². The first kappa shape index (κ1) is 15.6. The van der Waals surface area contributed by atoms with Crippen LogP contribution in [0.5, 0.6) is 5.75 Å². The lowest BCUT2D eigenvalue weighted by molar-refractivity contribution is -0.134. The van der Waals surface area contributed by atoms with Crippen molar-refractivity contribution in [3.8, 4) is 5.75 Å². The lowest BCUT2D eigenvalue weighted by Crippen LogP contribution is -2.38.